The molecule has 0 aromatic heterocycles. The summed E-state index contributed by atoms with van der Waals surface area (Å²) in [5.41, 5.74) is 3.18. The number of hydrogen-bond acceptors (Lipinski definition) is 4. The Balaban J connectivity index is 1.38. The van der Waals surface area contributed by atoms with Crippen molar-refractivity contribution in [3.8, 4) is 0 Å². The molecule has 0 bridgehead atoms. The maximum absolute atomic E-state index is 13.7. The van der Waals surface area contributed by atoms with Crippen LogP contribution in [0.5, 0.6) is 0 Å². The minimum Gasteiger partial charge on any atom is -0.350 e. The average molecular weight is 556 g/mol. The summed E-state index contributed by atoms with van der Waals surface area (Å²) in [5, 5.41) is 3.20. The van der Waals surface area contributed by atoms with Crippen molar-refractivity contribution in [3.05, 3.63) is 142 Å². The molecule has 0 radical (unpaired) electrons. The van der Waals surface area contributed by atoms with Crippen LogP contribution in [0.25, 0.3) is 0 Å². The highest BCUT2D eigenvalue weighted by atomic mass is 35.5. The van der Waals surface area contributed by atoms with Crippen LogP contribution in [-0.2, 0) is 22.7 Å². The van der Waals surface area contributed by atoms with Crippen molar-refractivity contribution in [2.75, 3.05) is 10.2 Å². The molecule has 0 spiro atoms. The summed E-state index contributed by atoms with van der Waals surface area (Å²) in [6.07, 6.45) is 0. The Morgan fingerprint density at radius 3 is 1.90 bits per heavy atom. The second-order valence-corrected chi connectivity index (χ2v) is 9.76. The summed E-state index contributed by atoms with van der Waals surface area (Å²) in [6, 6.07) is 32.6. The monoisotopic (exact) mass is 555 g/mol. The Bertz CT molecular complexity index is 1510. The molecule has 0 unspecified atom stereocenters. The average Bonchev–Trinajstić information content (AvgIpc) is 3.17. The Morgan fingerprint density at radius 2 is 1.31 bits per heavy atom. The summed E-state index contributed by atoms with van der Waals surface area (Å²) in [6.45, 7) is 0.846. The molecule has 3 amide bonds. The van der Waals surface area contributed by atoms with Gasteiger partial charge in [0.05, 0.1) is 5.69 Å². The van der Waals surface area contributed by atoms with Crippen LogP contribution >= 0.6 is 23.2 Å². The highest BCUT2D eigenvalue weighted by molar-refractivity contribution is 6.53. The van der Waals surface area contributed by atoms with E-state index in [1.165, 1.54) is 0 Å². The SMILES string of the molecule is O=C(c1cccc(NC2=C(Cl)C(=O)N(c3ccc(Cl)cc3)C2=O)c1)N(Cc1ccccc1)Cc1ccccc1. The van der Waals surface area contributed by atoms with Gasteiger partial charge in [-0.3, -0.25) is 14.4 Å². The number of benzene rings is 4. The number of nitrogens with zero attached hydrogens (tertiary/aromatic N) is 2. The molecule has 0 fully saturated rings. The first kappa shape index (κ1) is 26.2. The smallest absolute Gasteiger partial charge is 0.283 e. The second kappa shape index (κ2) is 11.6. The molecule has 1 aliphatic rings. The summed E-state index contributed by atoms with van der Waals surface area (Å²) in [4.78, 5) is 42.4. The Hall–Kier alpha value is -4.39. The fourth-order valence-corrected chi connectivity index (χ4v) is 4.64. The first-order chi connectivity index (χ1) is 18.9. The lowest BCUT2D eigenvalue weighted by atomic mass is 10.1. The number of hydrogen-bond donors (Lipinski definition) is 1. The second-order valence-electron chi connectivity index (χ2n) is 8.95. The molecule has 1 heterocycles. The van der Waals surface area contributed by atoms with Gasteiger partial charge in [0.25, 0.3) is 17.7 Å². The quantitative estimate of drug-likeness (QED) is 0.248. The van der Waals surface area contributed by atoms with E-state index in [1.54, 1.807) is 53.4 Å². The molecular weight excluding hydrogens is 533 g/mol. The van der Waals surface area contributed by atoms with Crippen molar-refractivity contribution in [2.45, 2.75) is 13.1 Å². The molecule has 6 nitrogen and oxygen atoms in total. The van der Waals surface area contributed by atoms with E-state index in [1.807, 2.05) is 60.7 Å². The van der Waals surface area contributed by atoms with Gasteiger partial charge in [0.15, 0.2) is 0 Å². The van der Waals surface area contributed by atoms with Gasteiger partial charge in [-0.25, -0.2) is 4.90 Å². The number of carbonyl (C=O) groups excluding carboxylic acids is 3. The van der Waals surface area contributed by atoms with E-state index >= 15 is 0 Å². The van der Waals surface area contributed by atoms with Gasteiger partial charge in [-0.05, 0) is 53.6 Å². The lowest BCUT2D eigenvalue weighted by Gasteiger charge is -2.23. The van der Waals surface area contributed by atoms with Crippen LogP contribution in [0.1, 0.15) is 21.5 Å². The Morgan fingerprint density at radius 1 is 0.718 bits per heavy atom. The number of rotatable bonds is 8. The van der Waals surface area contributed by atoms with Crippen LogP contribution in [0.3, 0.4) is 0 Å². The largest absolute Gasteiger partial charge is 0.350 e. The van der Waals surface area contributed by atoms with E-state index in [2.05, 4.69) is 5.32 Å². The molecule has 0 aliphatic carbocycles. The molecule has 1 N–H and O–H groups in total. The van der Waals surface area contributed by atoms with Crippen LogP contribution in [0.4, 0.5) is 11.4 Å². The highest BCUT2D eigenvalue weighted by Gasteiger charge is 2.39. The predicted octanol–water partition coefficient (Wildman–Crippen LogP) is 6.62. The maximum atomic E-state index is 13.7. The minimum atomic E-state index is -0.643. The topological polar surface area (TPSA) is 69.7 Å². The summed E-state index contributed by atoms with van der Waals surface area (Å²) < 4.78 is 0. The lowest BCUT2D eigenvalue weighted by molar-refractivity contribution is -0.120. The van der Waals surface area contributed by atoms with E-state index in [0.717, 1.165) is 16.0 Å². The molecule has 0 saturated carbocycles. The van der Waals surface area contributed by atoms with Gasteiger partial charge in [-0.2, -0.15) is 0 Å². The molecule has 0 saturated heterocycles. The fourth-order valence-electron chi connectivity index (χ4n) is 4.30. The third kappa shape index (κ3) is 5.87. The zero-order valence-corrected chi connectivity index (χ0v) is 22.2. The van der Waals surface area contributed by atoms with Gasteiger partial charge in [0.2, 0.25) is 0 Å². The van der Waals surface area contributed by atoms with Crippen molar-refractivity contribution in [2.24, 2.45) is 0 Å². The molecule has 4 aromatic rings. The van der Waals surface area contributed by atoms with Crippen molar-refractivity contribution in [3.63, 3.8) is 0 Å². The van der Waals surface area contributed by atoms with Crippen LogP contribution in [0.2, 0.25) is 5.02 Å². The summed E-state index contributed by atoms with van der Waals surface area (Å²) in [7, 11) is 0. The molecule has 8 heteroatoms. The highest BCUT2D eigenvalue weighted by Crippen LogP contribution is 2.31. The number of carbonyl (C=O) groups is 3. The van der Waals surface area contributed by atoms with Gasteiger partial charge in [0.1, 0.15) is 10.7 Å². The summed E-state index contributed by atoms with van der Waals surface area (Å²) in [5.74, 6) is -1.42. The lowest BCUT2D eigenvalue weighted by Crippen LogP contribution is -2.32. The number of halogens is 2. The standard InChI is InChI=1S/C31H23Cl2N3O3/c32-24-14-16-26(17-15-24)36-30(38)27(33)28(31(36)39)34-25-13-7-12-23(18-25)29(37)35(19-21-8-3-1-4-9-21)20-22-10-5-2-6-11-22/h1-18,34H,19-20H2. The van der Waals surface area contributed by atoms with E-state index < -0.39 is 11.8 Å². The molecular formula is C31H23Cl2N3O3. The van der Waals surface area contributed by atoms with E-state index in [9.17, 15) is 14.4 Å². The van der Waals surface area contributed by atoms with Crippen molar-refractivity contribution in [1.82, 2.24) is 4.90 Å². The molecule has 1 aliphatic heterocycles. The first-order valence-electron chi connectivity index (χ1n) is 12.2. The molecule has 39 heavy (non-hydrogen) atoms. The van der Waals surface area contributed by atoms with Crippen LogP contribution in [-0.4, -0.2) is 22.6 Å². The maximum Gasteiger partial charge on any atom is 0.283 e. The molecule has 4 aromatic carbocycles. The molecule has 5 rings (SSSR count). The first-order valence-corrected chi connectivity index (χ1v) is 12.9. The van der Waals surface area contributed by atoms with Crippen molar-refractivity contribution >= 4 is 52.3 Å². The number of anilines is 2. The van der Waals surface area contributed by atoms with Crippen LogP contribution in [0, 0.1) is 0 Å². The normalized spacial score (nSPS) is 13.1. The zero-order chi connectivity index (χ0) is 27.4. The fraction of sp³-hybridized carbons (Fsp3) is 0.0645. The van der Waals surface area contributed by atoms with E-state index in [4.69, 9.17) is 23.2 Å². The van der Waals surface area contributed by atoms with Crippen LogP contribution < -0.4 is 10.2 Å². The minimum absolute atomic E-state index is 0.0633. The number of imide groups is 1. The van der Waals surface area contributed by atoms with Crippen LogP contribution in [0.15, 0.2) is 120 Å². The third-order valence-electron chi connectivity index (χ3n) is 6.21. The van der Waals surface area contributed by atoms with Crippen molar-refractivity contribution in [1.29, 1.82) is 0 Å². The zero-order valence-electron chi connectivity index (χ0n) is 20.7. The van der Waals surface area contributed by atoms with E-state index in [-0.39, 0.29) is 16.6 Å². The number of nitrogens with one attached hydrogen (secondary N) is 1. The molecule has 194 valence electrons. The number of amides is 3. The predicted molar refractivity (Wildman–Crippen MR) is 153 cm³/mol. The molecule has 0 atom stereocenters. The summed E-state index contributed by atoms with van der Waals surface area (Å²) >= 11 is 12.2. The van der Waals surface area contributed by atoms with Crippen molar-refractivity contribution < 1.29 is 14.4 Å². The van der Waals surface area contributed by atoms with Gasteiger partial charge in [0, 0.05) is 29.4 Å². The van der Waals surface area contributed by atoms with Gasteiger partial charge >= 0.3 is 0 Å². The van der Waals surface area contributed by atoms with E-state index in [0.29, 0.717) is 35.1 Å². The Labute approximate surface area is 236 Å². The van der Waals surface area contributed by atoms with Gasteiger partial charge in [-0.15, -0.1) is 0 Å². The van der Waals surface area contributed by atoms with Gasteiger partial charge in [-0.1, -0.05) is 89.9 Å². The Kier molecular flexibility index (Phi) is 7.77. The van der Waals surface area contributed by atoms with Gasteiger partial charge < -0.3 is 10.2 Å². The third-order valence-corrected chi connectivity index (χ3v) is 6.81.